The summed E-state index contributed by atoms with van der Waals surface area (Å²) in [6.45, 7) is 0.961. The fraction of sp³-hybridized carbons (Fsp3) is 0.394. The highest BCUT2D eigenvalue weighted by Gasteiger charge is 2.40. The van der Waals surface area contributed by atoms with Crippen LogP contribution in [-0.2, 0) is 22.3 Å². The molecular weight excluding hydrogens is 615 g/mol. The van der Waals surface area contributed by atoms with Crippen molar-refractivity contribution in [1.82, 2.24) is 34.7 Å². The number of ether oxygens (including phenoxy) is 3. The summed E-state index contributed by atoms with van der Waals surface area (Å²) in [5.41, 5.74) is 2.42. The van der Waals surface area contributed by atoms with E-state index in [4.69, 9.17) is 14.2 Å². The van der Waals surface area contributed by atoms with Gasteiger partial charge in [0.1, 0.15) is 18.1 Å². The molecule has 2 fully saturated rings. The van der Waals surface area contributed by atoms with E-state index in [0.29, 0.717) is 48.3 Å². The zero-order valence-electron chi connectivity index (χ0n) is 25.9. The molecule has 7 rings (SSSR count). The van der Waals surface area contributed by atoms with E-state index in [1.54, 1.807) is 24.3 Å². The number of nitrogens with one attached hydrogen (secondary N) is 2. The molecule has 2 N–H and O–H groups in total. The number of aromatic amines is 1. The number of pyridine rings is 1. The number of hydrogen-bond donors (Lipinski definition) is 2. The zero-order chi connectivity index (χ0) is 32.7. The standard InChI is InChI=1S/C33H34F3N7O4/c1-45-22-8-9-25-28(14-22)43(32(41-25)33(34,35)36)17-29(44)42-16-20(38-21-11-12-47-18-21)7-10-27(42)30-37-15-26(39-30)23-13-19-5-3-4-6-24(19)40-31(23)46-2/h3-6,8-9,13-15,20-21,27,38H,7,10-12,16-18H2,1-2H3,(H,37,39)/t20-,21?,27+/m1/s1. The molecule has 1 unspecified atom stereocenters. The molecular formula is C33H34F3N7O4. The number of aromatic nitrogens is 5. The van der Waals surface area contributed by atoms with E-state index >= 15 is 0 Å². The molecule has 0 radical (unpaired) electrons. The number of amides is 1. The summed E-state index contributed by atoms with van der Waals surface area (Å²) in [7, 11) is 2.98. The van der Waals surface area contributed by atoms with E-state index in [-0.39, 0.29) is 29.7 Å². The first kappa shape index (κ1) is 30.9. The van der Waals surface area contributed by atoms with Crippen LogP contribution in [0.25, 0.3) is 33.2 Å². The van der Waals surface area contributed by atoms with Crippen molar-refractivity contribution in [3.05, 3.63) is 66.4 Å². The Kier molecular flexibility index (Phi) is 8.22. The average molecular weight is 650 g/mol. The fourth-order valence-corrected chi connectivity index (χ4v) is 6.59. The van der Waals surface area contributed by atoms with E-state index in [9.17, 15) is 18.0 Å². The second-order valence-corrected chi connectivity index (χ2v) is 11.9. The number of carbonyl (C=O) groups excluding carboxylic acids is 1. The van der Waals surface area contributed by atoms with Crippen molar-refractivity contribution in [2.45, 2.75) is 50.1 Å². The lowest BCUT2D eigenvalue weighted by atomic mass is 9.96. The number of hydrogen-bond acceptors (Lipinski definition) is 8. The van der Waals surface area contributed by atoms with Crippen LogP contribution in [-0.4, -0.2) is 81.4 Å². The maximum Gasteiger partial charge on any atom is 0.449 e. The fourth-order valence-electron chi connectivity index (χ4n) is 6.59. The summed E-state index contributed by atoms with van der Waals surface area (Å²) in [5, 5.41) is 4.51. The Balaban J connectivity index is 1.23. The highest BCUT2D eigenvalue weighted by atomic mass is 19.4. The number of fused-ring (bicyclic) bond motifs is 2. The van der Waals surface area contributed by atoms with Gasteiger partial charge >= 0.3 is 6.18 Å². The van der Waals surface area contributed by atoms with Crippen LogP contribution in [0.2, 0.25) is 0 Å². The van der Waals surface area contributed by atoms with Crippen molar-refractivity contribution in [3.63, 3.8) is 0 Å². The van der Waals surface area contributed by atoms with Gasteiger partial charge in [0.15, 0.2) is 0 Å². The molecule has 0 saturated carbocycles. The van der Waals surface area contributed by atoms with Crippen molar-refractivity contribution in [2.24, 2.45) is 0 Å². The van der Waals surface area contributed by atoms with Gasteiger partial charge in [0.05, 0.1) is 60.9 Å². The summed E-state index contributed by atoms with van der Waals surface area (Å²) in [6, 6.07) is 13.7. The number of nitrogens with zero attached hydrogens (tertiary/aromatic N) is 5. The minimum Gasteiger partial charge on any atom is -0.497 e. The number of halogens is 3. The molecule has 3 aromatic heterocycles. The van der Waals surface area contributed by atoms with E-state index in [1.165, 1.54) is 19.2 Å². The lowest BCUT2D eigenvalue weighted by molar-refractivity contribution is -0.148. The van der Waals surface area contributed by atoms with Gasteiger partial charge in [0, 0.05) is 36.7 Å². The third-order valence-electron chi connectivity index (χ3n) is 8.89. The van der Waals surface area contributed by atoms with Crippen LogP contribution in [0.4, 0.5) is 13.2 Å². The molecule has 5 heterocycles. The number of benzene rings is 2. The van der Waals surface area contributed by atoms with Crippen LogP contribution in [0.5, 0.6) is 11.6 Å². The van der Waals surface area contributed by atoms with Crippen molar-refractivity contribution in [3.8, 4) is 22.9 Å². The maximum atomic E-state index is 14.2. The number of rotatable bonds is 8. The van der Waals surface area contributed by atoms with Gasteiger partial charge in [-0.25, -0.2) is 15.0 Å². The highest BCUT2D eigenvalue weighted by Crippen LogP contribution is 2.36. The smallest absolute Gasteiger partial charge is 0.449 e. The molecule has 5 aromatic rings. The molecule has 2 saturated heterocycles. The quantitative estimate of drug-likeness (QED) is 0.238. The molecule has 2 aromatic carbocycles. The molecule has 0 spiro atoms. The Morgan fingerprint density at radius 2 is 1.89 bits per heavy atom. The topological polar surface area (TPSA) is 119 Å². The normalized spacial score (nSPS) is 20.3. The Morgan fingerprint density at radius 3 is 2.66 bits per heavy atom. The molecule has 11 nitrogen and oxygen atoms in total. The summed E-state index contributed by atoms with van der Waals surface area (Å²) in [4.78, 5) is 32.3. The van der Waals surface area contributed by atoms with Gasteiger partial charge in [0.2, 0.25) is 17.6 Å². The minimum atomic E-state index is -4.77. The first-order chi connectivity index (χ1) is 22.7. The van der Waals surface area contributed by atoms with Crippen LogP contribution in [0.15, 0.2) is 54.7 Å². The largest absolute Gasteiger partial charge is 0.497 e. The third-order valence-corrected chi connectivity index (χ3v) is 8.89. The van der Waals surface area contributed by atoms with E-state index in [2.05, 4.69) is 25.3 Å². The van der Waals surface area contributed by atoms with Crippen molar-refractivity contribution < 1.29 is 32.2 Å². The summed E-state index contributed by atoms with van der Waals surface area (Å²) < 4.78 is 60.0. The molecule has 3 atom stereocenters. The number of carbonyl (C=O) groups is 1. The van der Waals surface area contributed by atoms with Crippen LogP contribution in [0, 0.1) is 0 Å². The molecule has 2 aliphatic rings. The third kappa shape index (κ3) is 6.10. The Morgan fingerprint density at radius 1 is 1.04 bits per heavy atom. The molecule has 2 aliphatic heterocycles. The predicted molar refractivity (Wildman–Crippen MR) is 167 cm³/mol. The molecule has 246 valence electrons. The van der Waals surface area contributed by atoms with Crippen LogP contribution in [0.3, 0.4) is 0 Å². The number of alkyl halides is 3. The molecule has 47 heavy (non-hydrogen) atoms. The highest BCUT2D eigenvalue weighted by molar-refractivity contribution is 5.85. The number of methoxy groups -OCH3 is 2. The van der Waals surface area contributed by atoms with Crippen LogP contribution >= 0.6 is 0 Å². The number of para-hydroxylation sites is 1. The lowest BCUT2D eigenvalue weighted by Crippen LogP contribution is -2.52. The zero-order valence-corrected chi connectivity index (χ0v) is 25.9. The number of imidazole rings is 2. The number of piperidine rings is 1. The Hall–Kier alpha value is -4.69. The van der Waals surface area contributed by atoms with Gasteiger partial charge in [0.25, 0.3) is 0 Å². The monoisotopic (exact) mass is 649 g/mol. The van der Waals surface area contributed by atoms with Crippen LogP contribution < -0.4 is 14.8 Å². The SMILES string of the molecule is COc1ccc2nc(C(F)(F)F)n(CC(=O)N3C[C@H](NC4CCOC4)CC[C@H]3c3ncc(-c4cc5ccccc5nc4OC)[nH]3)c2c1. The Bertz CT molecular complexity index is 1920. The number of likely N-dealkylation sites (tertiary alicyclic amines) is 1. The van der Waals surface area contributed by atoms with Crippen LogP contribution in [0.1, 0.15) is 37.0 Å². The van der Waals surface area contributed by atoms with Crippen molar-refractivity contribution in [2.75, 3.05) is 34.0 Å². The summed E-state index contributed by atoms with van der Waals surface area (Å²) in [6.07, 6.45) is -0.968. The second kappa shape index (κ2) is 12.5. The second-order valence-electron chi connectivity index (χ2n) is 11.9. The van der Waals surface area contributed by atoms with Gasteiger partial charge in [-0.15, -0.1) is 0 Å². The lowest BCUT2D eigenvalue weighted by Gasteiger charge is -2.40. The van der Waals surface area contributed by atoms with Crippen molar-refractivity contribution >= 4 is 27.8 Å². The molecule has 0 bridgehead atoms. The van der Waals surface area contributed by atoms with Gasteiger partial charge in [-0.2, -0.15) is 13.2 Å². The minimum absolute atomic E-state index is 0.0668. The van der Waals surface area contributed by atoms with Gasteiger partial charge in [-0.3, -0.25) is 4.79 Å². The van der Waals surface area contributed by atoms with E-state index in [1.807, 2.05) is 30.3 Å². The Labute approximate surface area is 268 Å². The molecule has 0 aliphatic carbocycles. The molecule has 14 heteroatoms. The summed E-state index contributed by atoms with van der Waals surface area (Å²) >= 11 is 0. The first-order valence-electron chi connectivity index (χ1n) is 15.5. The maximum absolute atomic E-state index is 14.2. The first-order valence-corrected chi connectivity index (χ1v) is 15.5. The van der Waals surface area contributed by atoms with Crippen molar-refractivity contribution in [1.29, 1.82) is 0 Å². The average Bonchev–Trinajstić information content (AvgIpc) is 3.85. The van der Waals surface area contributed by atoms with Gasteiger partial charge in [-0.1, -0.05) is 18.2 Å². The van der Waals surface area contributed by atoms with E-state index in [0.717, 1.165) is 28.3 Å². The summed E-state index contributed by atoms with van der Waals surface area (Å²) in [5.74, 6) is -0.322. The van der Waals surface area contributed by atoms with Gasteiger partial charge in [-0.05, 0) is 43.5 Å². The number of H-pyrrole nitrogens is 1. The predicted octanol–water partition coefficient (Wildman–Crippen LogP) is 5.12. The van der Waals surface area contributed by atoms with E-state index < -0.39 is 30.5 Å². The molecule has 1 amide bonds. The van der Waals surface area contributed by atoms with Gasteiger partial charge < -0.3 is 34.0 Å².